The van der Waals surface area contributed by atoms with E-state index in [2.05, 4.69) is 18.3 Å². The lowest BCUT2D eigenvalue weighted by molar-refractivity contribution is -0.120. The molecule has 18 heavy (non-hydrogen) atoms. The van der Waals surface area contributed by atoms with E-state index < -0.39 is 0 Å². The van der Waals surface area contributed by atoms with Gasteiger partial charge in [-0.05, 0) is 43.0 Å². The zero-order valence-electron chi connectivity index (χ0n) is 11.4. The second-order valence-electron chi connectivity index (χ2n) is 4.40. The smallest absolute Gasteiger partial charge is 0.221 e. The monoisotopic (exact) mass is 250 g/mol. The number of nitrogens with two attached hydrogens (primary N) is 1. The highest BCUT2D eigenvalue weighted by atomic mass is 16.5. The van der Waals surface area contributed by atoms with E-state index >= 15 is 0 Å². The van der Waals surface area contributed by atoms with E-state index in [1.807, 2.05) is 13.0 Å². The van der Waals surface area contributed by atoms with Gasteiger partial charge in [-0.15, -0.1) is 0 Å². The summed E-state index contributed by atoms with van der Waals surface area (Å²) in [6.07, 6.45) is 1.15. The number of hydrogen-bond acceptors (Lipinski definition) is 3. The lowest BCUT2D eigenvalue weighted by atomic mass is 10.0. The first-order valence-corrected chi connectivity index (χ1v) is 6.19. The second kappa shape index (κ2) is 7.01. The lowest BCUT2D eigenvalue weighted by Gasteiger charge is -2.13. The molecule has 0 spiro atoms. The summed E-state index contributed by atoms with van der Waals surface area (Å²) in [5.74, 6) is 0.891. The van der Waals surface area contributed by atoms with Gasteiger partial charge in [-0.2, -0.15) is 0 Å². The summed E-state index contributed by atoms with van der Waals surface area (Å²) < 4.78 is 5.38. The number of aryl methyl sites for hydroxylation is 2. The molecular weight excluding hydrogens is 228 g/mol. The van der Waals surface area contributed by atoms with Gasteiger partial charge >= 0.3 is 0 Å². The minimum absolute atomic E-state index is 0.00114. The molecule has 0 atom stereocenters. The van der Waals surface area contributed by atoms with Crippen LogP contribution in [0.1, 0.15) is 23.1 Å². The van der Waals surface area contributed by atoms with Gasteiger partial charge in [-0.1, -0.05) is 6.07 Å². The maximum absolute atomic E-state index is 11.3. The van der Waals surface area contributed by atoms with Gasteiger partial charge in [0.15, 0.2) is 0 Å². The summed E-state index contributed by atoms with van der Waals surface area (Å²) in [6, 6.07) is 4.14. The molecule has 0 unspecified atom stereocenters. The van der Waals surface area contributed by atoms with Crippen molar-refractivity contribution in [2.24, 2.45) is 5.73 Å². The Labute approximate surface area is 109 Å². The van der Waals surface area contributed by atoms with E-state index in [-0.39, 0.29) is 5.91 Å². The van der Waals surface area contributed by atoms with Crippen LogP contribution in [0.25, 0.3) is 0 Å². The van der Waals surface area contributed by atoms with Gasteiger partial charge in [0.25, 0.3) is 0 Å². The van der Waals surface area contributed by atoms with Crippen LogP contribution in [-0.2, 0) is 11.2 Å². The number of ether oxygens (including phenoxy) is 1. The maximum atomic E-state index is 11.3. The van der Waals surface area contributed by atoms with E-state index in [9.17, 15) is 4.79 Å². The third-order valence-electron chi connectivity index (χ3n) is 2.86. The van der Waals surface area contributed by atoms with Gasteiger partial charge in [0.2, 0.25) is 5.91 Å². The molecule has 0 aromatic heterocycles. The third kappa shape index (κ3) is 4.04. The van der Waals surface area contributed by atoms with Gasteiger partial charge in [0.05, 0.1) is 7.11 Å². The van der Waals surface area contributed by atoms with Crippen molar-refractivity contribution in [1.82, 2.24) is 5.32 Å². The Balaban J connectivity index is 2.64. The van der Waals surface area contributed by atoms with Crippen molar-refractivity contribution >= 4 is 5.91 Å². The minimum atomic E-state index is 0.00114. The first kappa shape index (κ1) is 14.5. The van der Waals surface area contributed by atoms with E-state index in [1.54, 1.807) is 7.11 Å². The highest BCUT2D eigenvalue weighted by molar-refractivity contribution is 5.76. The van der Waals surface area contributed by atoms with Crippen LogP contribution >= 0.6 is 0 Å². The third-order valence-corrected chi connectivity index (χ3v) is 2.86. The molecule has 1 amide bonds. The van der Waals surface area contributed by atoms with Gasteiger partial charge in [-0.3, -0.25) is 4.79 Å². The Morgan fingerprint density at radius 1 is 1.39 bits per heavy atom. The van der Waals surface area contributed by atoms with Crippen LogP contribution in [0.2, 0.25) is 0 Å². The molecule has 100 valence electrons. The van der Waals surface area contributed by atoms with Crippen LogP contribution in [0, 0.1) is 13.8 Å². The molecule has 0 aliphatic carbocycles. The quantitative estimate of drug-likeness (QED) is 0.800. The summed E-state index contributed by atoms with van der Waals surface area (Å²) >= 11 is 0. The molecule has 4 heteroatoms. The molecule has 0 radical (unpaired) electrons. The molecule has 0 saturated heterocycles. The molecule has 1 aromatic carbocycles. The van der Waals surface area contributed by atoms with Gasteiger partial charge in [-0.25, -0.2) is 0 Å². The van der Waals surface area contributed by atoms with Crippen molar-refractivity contribution in [3.63, 3.8) is 0 Å². The second-order valence-corrected chi connectivity index (χ2v) is 4.40. The van der Waals surface area contributed by atoms with Crippen molar-refractivity contribution in [2.75, 3.05) is 20.2 Å². The van der Waals surface area contributed by atoms with Crippen molar-refractivity contribution in [2.45, 2.75) is 26.7 Å². The molecule has 3 N–H and O–H groups in total. The Morgan fingerprint density at radius 2 is 2.11 bits per heavy atom. The summed E-state index contributed by atoms with van der Waals surface area (Å²) in [6.45, 7) is 5.10. The van der Waals surface area contributed by atoms with Crippen LogP contribution in [0.5, 0.6) is 5.75 Å². The van der Waals surface area contributed by atoms with Crippen LogP contribution in [0.3, 0.4) is 0 Å². The zero-order chi connectivity index (χ0) is 13.5. The fraction of sp³-hybridized carbons (Fsp3) is 0.500. The molecule has 1 rings (SSSR count). The normalized spacial score (nSPS) is 10.2. The summed E-state index contributed by atoms with van der Waals surface area (Å²) in [4.78, 5) is 11.3. The lowest BCUT2D eigenvalue weighted by Crippen LogP contribution is -2.27. The van der Waals surface area contributed by atoms with Crippen LogP contribution < -0.4 is 15.8 Å². The average molecular weight is 250 g/mol. The molecule has 1 aromatic rings. The molecule has 0 aliphatic heterocycles. The number of methoxy groups -OCH3 is 1. The average Bonchev–Trinajstić information content (AvgIpc) is 2.31. The SMILES string of the molecule is COc1cc(C)cc(C)c1CCNC(=O)CCN. The van der Waals surface area contributed by atoms with Crippen LogP contribution in [-0.4, -0.2) is 26.1 Å². The fourth-order valence-electron chi connectivity index (χ4n) is 2.01. The van der Waals surface area contributed by atoms with E-state index in [1.165, 1.54) is 11.1 Å². The van der Waals surface area contributed by atoms with Crippen molar-refractivity contribution in [1.29, 1.82) is 0 Å². The molecule has 0 aliphatic rings. The Bertz CT molecular complexity index is 417. The van der Waals surface area contributed by atoms with E-state index in [0.29, 0.717) is 19.5 Å². The molecular formula is C14H22N2O2. The highest BCUT2D eigenvalue weighted by Gasteiger charge is 2.08. The summed E-state index contributed by atoms with van der Waals surface area (Å²) in [5, 5.41) is 2.85. The van der Waals surface area contributed by atoms with Crippen LogP contribution in [0.4, 0.5) is 0 Å². The molecule has 0 heterocycles. The number of hydrogen-bond donors (Lipinski definition) is 2. The summed E-state index contributed by atoms with van der Waals surface area (Å²) in [7, 11) is 1.67. The number of carbonyl (C=O) groups is 1. The standard InChI is InChI=1S/C14H22N2O2/c1-10-8-11(2)12(13(9-10)18-3)5-7-16-14(17)4-6-15/h8-9H,4-7,15H2,1-3H3,(H,16,17). The highest BCUT2D eigenvalue weighted by Crippen LogP contribution is 2.24. The summed E-state index contributed by atoms with van der Waals surface area (Å²) in [5.41, 5.74) is 8.84. The van der Waals surface area contributed by atoms with E-state index in [0.717, 1.165) is 17.7 Å². The van der Waals surface area contributed by atoms with Gasteiger partial charge < -0.3 is 15.8 Å². The molecule has 0 bridgehead atoms. The van der Waals surface area contributed by atoms with Crippen molar-refractivity contribution in [3.05, 3.63) is 28.8 Å². The Hall–Kier alpha value is -1.55. The van der Waals surface area contributed by atoms with E-state index in [4.69, 9.17) is 10.5 Å². The first-order chi connectivity index (χ1) is 8.58. The predicted octanol–water partition coefficient (Wildman–Crippen LogP) is 1.32. The number of carbonyl (C=O) groups excluding carboxylic acids is 1. The molecule has 4 nitrogen and oxygen atoms in total. The minimum Gasteiger partial charge on any atom is -0.496 e. The zero-order valence-corrected chi connectivity index (χ0v) is 11.4. The van der Waals surface area contributed by atoms with Gasteiger partial charge in [0, 0.05) is 19.5 Å². The number of benzene rings is 1. The topological polar surface area (TPSA) is 64.3 Å². The molecule has 0 fully saturated rings. The Morgan fingerprint density at radius 3 is 2.72 bits per heavy atom. The maximum Gasteiger partial charge on any atom is 0.221 e. The number of amides is 1. The van der Waals surface area contributed by atoms with Gasteiger partial charge in [0.1, 0.15) is 5.75 Å². The molecule has 0 saturated carbocycles. The largest absolute Gasteiger partial charge is 0.496 e. The number of nitrogens with one attached hydrogen (secondary N) is 1. The van der Waals surface area contributed by atoms with Crippen molar-refractivity contribution < 1.29 is 9.53 Å². The predicted molar refractivity (Wildman–Crippen MR) is 72.9 cm³/mol. The Kier molecular flexibility index (Phi) is 5.65. The van der Waals surface area contributed by atoms with Crippen molar-refractivity contribution in [3.8, 4) is 5.75 Å². The fourth-order valence-corrected chi connectivity index (χ4v) is 2.01. The van der Waals surface area contributed by atoms with Crippen LogP contribution in [0.15, 0.2) is 12.1 Å². The first-order valence-electron chi connectivity index (χ1n) is 6.19. The number of rotatable bonds is 6.